The van der Waals surface area contributed by atoms with E-state index in [9.17, 15) is 0 Å². The number of rotatable bonds is 3. The molecule has 0 heterocycles. The molecule has 0 saturated heterocycles. The highest BCUT2D eigenvalue weighted by Gasteiger charge is 2.08. The zero-order chi connectivity index (χ0) is 9.84. The molecule has 1 aromatic rings. The van der Waals surface area contributed by atoms with Gasteiger partial charge in [0.15, 0.2) is 0 Å². The Morgan fingerprint density at radius 3 is 2.38 bits per heavy atom. The van der Waals surface area contributed by atoms with Crippen molar-refractivity contribution in [1.29, 1.82) is 0 Å². The third-order valence-corrected chi connectivity index (χ3v) is 2.56. The van der Waals surface area contributed by atoms with Crippen molar-refractivity contribution < 1.29 is 0 Å². The van der Waals surface area contributed by atoms with E-state index in [-0.39, 0.29) is 6.04 Å². The fourth-order valence-electron chi connectivity index (χ4n) is 1.09. The topological polar surface area (TPSA) is 38.0 Å². The molecule has 1 aromatic carbocycles. The maximum Gasteiger partial charge on any atom is 0.0453 e. The molecular formula is C9H12Cl2N2. The van der Waals surface area contributed by atoms with E-state index in [0.717, 1.165) is 12.0 Å². The molecule has 1 atom stereocenters. The summed E-state index contributed by atoms with van der Waals surface area (Å²) in [4.78, 5) is 0. The average molecular weight is 219 g/mol. The van der Waals surface area contributed by atoms with E-state index >= 15 is 0 Å². The first-order valence-electron chi connectivity index (χ1n) is 4.04. The molecule has 0 bridgehead atoms. The lowest BCUT2D eigenvalue weighted by molar-refractivity contribution is 0.568. The minimum Gasteiger partial charge on any atom is -0.271 e. The van der Waals surface area contributed by atoms with Gasteiger partial charge in [0, 0.05) is 16.1 Å². The van der Waals surface area contributed by atoms with Crippen molar-refractivity contribution in [3.63, 3.8) is 0 Å². The fourth-order valence-corrected chi connectivity index (χ4v) is 1.64. The molecule has 0 unspecified atom stereocenters. The van der Waals surface area contributed by atoms with Gasteiger partial charge in [-0.05, 0) is 31.0 Å². The highest BCUT2D eigenvalue weighted by molar-refractivity contribution is 6.35. The molecule has 0 aliphatic carbocycles. The minimum absolute atomic E-state index is 0.164. The maximum absolute atomic E-state index is 5.98. The number of hydrazine groups is 1. The first-order valence-corrected chi connectivity index (χ1v) is 4.79. The van der Waals surface area contributed by atoms with Crippen molar-refractivity contribution in [2.45, 2.75) is 19.4 Å². The second kappa shape index (κ2) is 4.82. The Morgan fingerprint density at radius 1 is 1.38 bits per heavy atom. The van der Waals surface area contributed by atoms with Gasteiger partial charge in [0.25, 0.3) is 0 Å². The Kier molecular flexibility index (Phi) is 4.00. The second-order valence-corrected chi connectivity index (χ2v) is 3.79. The largest absolute Gasteiger partial charge is 0.271 e. The molecule has 0 fully saturated rings. The number of hydrogen-bond donors (Lipinski definition) is 2. The third-order valence-electron chi connectivity index (χ3n) is 1.86. The van der Waals surface area contributed by atoms with Crippen LogP contribution in [0.4, 0.5) is 0 Å². The average Bonchev–Trinajstić information content (AvgIpc) is 2.11. The number of hydrogen-bond acceptors (Lipinski definition) is 2. The summed E-state index contributed by atoms with van der Waals surface area (Å²) in [5.41, 5.74) is 3.59. The lowest BCUT2D eigenvalue weighted by Gasteiger charge is -2.12. The molecule has 0 spiro atoms. The van der Waals surface area contributed by atoms with Gasteiger partial charge in [-0.1, -0.05) is 29.3 Å². The van der Waals surface area contributed by atoms with Crippen molar-refractivity contribution in [2.24, 2.45) is 5.84 Å². The Labute approximate surface area is 88.0 Å². The molecule has 3 N–H and O–H groups in total. The van der Waals surface area contributed by atoms with Crippen molar-refractivity contribution in [3.8, 4) is 0 Å². The Bertz CT molecular complexity index is 269. The van der Waals surface area contributed by atoms with Crippen LogP contribution in [-0.2, 0) is 6.42 Å². The van der Waals surface area contributed by atoms with Crippen LogP contribution in [0.1, 0.15) is 12.5 Å². The van der Waals surface area contributed by atoms with Gasteiger partial charge in [-0.25, -0.2) is 0 Å². The van der Waals surface area contributed by atoms with Crippen molar-refractivity contribution in [1.82, 2.24) is 5.43 Å². The zero-order valence-electron chi connectivity index (χ0n) is 7.35. The summed E-state index contributed by atoms with van der Waals surface area (Å²) in [6.45, 7) is 1.97. The van der Waals surface area contributed by atoms with Crippen LogP contribution in [0.25, 0.3) is 0 Å². The van der Waals surface area contributed by atoms with Gasteiger partial charge in [-0.2, -0.15) is 0 Å². The van der Waals surface area contributed by atoms with Gasteiger partial charge < -0.3 is 0 Å². The lowest BCUT2D eigenvalue weighted by Crippen LogP contribution is -2.34. The minimum atomic E-state index is 0.164. The molecule has 72 valence electrons. The number of halogens is 2. The lowest BCUT2D eigenvalue weighted by atomic mass is 10.1. The predicted octanol–water partition coefficient (Wildman–Crippen LogP) is 2.39. The van der Waals surface area contributed by atoms with Gasteiger partial charge in [0.2, 0.25) is 0 Å². The second-order valence-electron chi connectivity index (χ2n) is 2.97. The first-order chi connectivity index (χ1) is 6.15. The van der Waals surface area contributed by atoms with Crippen LogP contribution in [-0.4, -0.2) is 6.04 Å². The summed E-state index contributed by atoms with van der Waals surface area (Å²) in [5.74, 6) is 5.28. The molecule has 1 rings (SSSR count). The van der Waals surface area contributed by atoms with E-state index in [1.54, 1.807) is 0 Å². The molecule has 4 heteroatoms. The summed E-state index contributed by atoms with van der Waals surface area (Å²) >= 11 is 12.0. The molecule has 0 aliphatic heterocycles. The van der Waals surface area contributed by atoms with E-state index in [2.05, 4.69) is 5.43 Å². The van der Waals surface area contributed by atoms with Gasteiger partial charge in [0.05, 0.1) is 0 Å². The van der Waals surface area contributed by atoms with E-state index in [0.29, 0.717) is 10.0 Å². The van der Waals surface area contributed by atoms with E-state index < -0.39 is 0 Å². The summed E-state index contributed by atoms with van der Waals surface area (Å²) in [6.07, 6.45) is 0.731. The SMILES string of the molecule is C[C@H](Cc1c(Cl)cccc1Cl)NN. The highest BCUT2D eigenvalue weighted by atomic mass is 35.5. The van der Waals surface area contributed by atoms with E-state index in [4.69, 9.17) is 29.0 Å². The molecule has 0 radical (unpaired) electrons. The van der Waals surface area contributed by atoms with Crippen LogP contribution in [0.5, 0.6) is 0 Å². The van der Waals surface area contributed by atoms with Gasteiger partial charge in [0.1, 0.15) is 0 Å². The molecule has 13 heavy (non-hydrogen) atoms. The molecule has 0 saturated carbocycles. The van der Waals surface area contributed by atoms with Gasteiger partial charge in [-0.3, -0.25) is 11.3 Å². The zero-order valence-corrected chi connectivity index (χ0v) is 8.86. The molecule has 0 amide bonds. The van der Waals surface area contributed by atoms with Crippen LogP contribution in [0.15, 0.2) is 18.2 Å². The molecule has 0 aromatic heterocycles. The maximum atomic E-state index is 5.98. The monoisotopic (exact) mass is 218 g/mol. The van der Waals surface area contributed by atoms with Crippen molar-refractivity contribution in [3.05, 3.63) is 33.8 Å². The quantitative estimate of drug-likeness (QED) is 0.605. The molecule has 2 nitrogen and oxygen atoms in total. The number of benzene rings is 1. The Hall–Kier alpha value is -0.280. The Balaban J connectivity index is 2.87. The molecule has 0 aliphatic rings. The Morgan fingerprint density at radius 2 is 1.92 bits per heavy atom. The molecular weight excluding hydrogens is 207 g/mol. The summed E-state index contributed by atoms with van der Waals surface area (Å²) in [7, 11) is 0. The van der Waals surface area contributed by atoms with Crippen LogP contribution >= 0.6 is 23.2 Å². The fraction of sp³-hybridized carbons (Fsp3) is 0.333. The van der Waals surface area contributed by atoms with Crippen LogP contribution in [0.2, 0.25) is 10.0 Å². The third kappa shape index (κ3) is 2.85. The number of nitrogens with two attached hydrogens (primary N) is 1. The number of nitrogens with one attached hydrogen (secondary N) is 1. The smallest absolute Gasteiger partial charge is 0.0453 e. The van der Waals surface area contributed by atoms with Crippen molar-refractivity contribution in [2.75, 3.05) is 0 Å². The summed E-state index contributed by atoms with van der Waals surface area (Å²) < 4.78 is 0. The standard InChI is InChI=1S/C9H12Cl2N2/c1-6(13-12)5-7-8(10)3-2-4-9(7)11/h2-4,6,13H,5,12H2,1H3/t6-/m1/s1. The summed E-state index contributed by atoms with van der Waals surface area (Å²) in [6, 6.07) is 5.64. The van der Waals surface area contributed by atoms with Gasteiger partial charge >= 0.3 is 0 Å². The summed E-state index contributed by atoms with van der Waals surface area (Å²) in [5, 5.41) is 1.38. The van der Waals surface area contributed by atoms with E-state index in [1.807, 2.05) is 25.1 Å². The predicted molar refractivity (Wildman–Crippen MR) is 57.0 cm³/mol. The first kappa shape index (κ1) is 10.8. The van der Waals surface area contributed by atoms with Crippen LogP contribution in [0, 0.1) is 0 Å². The van der Waals surface area contributed by atoms with E-state index in [1.165, 1.54) is 0 Å². The van der Waals surface area contributed by atoms with Gasteiger partial charge in [-0.15, -0.1) is 0 Å². The van der Waals surface area contributed by atoms with Crippen LogP contribution in [0.3, 0.4) is 0 Å². The van der Waals surface area contributed by atoms with Crippen molar-refractivity contribution >= 4 is 23.2 Å². The normalized spacial score (nSPS) is 12.9. The van der Waals surface area contributed by atoms with Crippen LogP contribution < -0.4 is 11.3 Å². The highest BCUT2D eigenvalue weighted by Crippen LogP contribution is 2.25.